The highest BCUT2D eigenvalue weighted by Crippen LogP contribution is 2.16. The minimum absolute atomic E-state index is 0.185. The van der Waals surface area contributed by atoms with Crippen LogP contribution in [0.25, 0.3) is 11.2 Å². The number of hydrogen-bond donors (Lipinski definition) is 1. The number of imidazole rings is 1. The van der Waals surface area contributed by atoms with Gasteiger partial charge in [0.05, 0.1) is 0 Å². The summed E-state index contributed by atoms with van der Waals surface area (Å²) >= 11 is 3.26. The number of aromatic amines is 1. The molecule has 0 aliphatic carbocycles. The molecular formula is C7H7BrN4O. The quantitative estimate of drug-likeness (QED) is 0.693. The van der Waals surface area contributed by atoms with Crippen LogP contribution in [0.4, 0.5) is 0 Å². The molecular weight excluding hydrogens is 236 g/mol. The van der Waals surface area contributed by atoms with Gasteiger partial charge in [0.25, 0.3) is 0 Å². The zero-order chi connectivity index (χ0) is 9.59. The van der Waals surface area contributed by atoms with Gasteiger partial charge in [0.15, 0.2) is 5.65 Å². The van der Waals surface area contributed by atoms with E-state index in [0.29, 0.717) is 21.6 Å². The summed E-state index contributed by atoms with van der Waals surface area (Å²) in [5.74, 6) is 0.633. The Morgan fingerprint density at radius 3 is 2.85 bits per heavy atom. The van der Waals surface area contributed by atoms with Gasteiger partial charge in [0, 0.05) is 7.05 Å². The molecule has 0 spiro atoms. The second kappa shape index (κ2) is 2.66. The van der Waals surface area contributed by atoms with E-state index in [9.17, 15) is 4.79 Å². The summed E-state index contributed by atoms with van der Waals surface area (Å²) in [6.07, 6.45) is 0. The van der Waals surface area contributed by atoms with Crippen LogP contribution in [-0.2, 0) is 7.05 Å². The number of fused-ring (bicyclic) bond motifs is 1. The zero-order valence-corrected chi connectivity index (χ0v) is 8.71. The van der Waals surface area contributed by atoms with Crippen molar-refractivity contribution in [3.63, 3.8) is 0 Å². The number of rotatable bonds is 0. The molecule has 13 heavy (non-hydrogen) atoms. The van der Waals surface area contributed by atoms with Gasteiger partial charge in [0.1, 0.15) is 15.9 Å². The fraction of sp³-hybridized carbons (Fsp3) is 0.286. The Kier molecular flexibility index (Phi) is 1.73. The number of aromatic nitrogens is 4. The minimum Gasteiger partial charge on any atom is -0.302 e. The van der Waals surface area contributed by atoms with Gasteiger partial charge in [-0.25, -0.2) is 14.8 Å². The van der Waals surface area contributed by atoms with Gasteiger partial charge in [-0.15, -0.1) is 0 Å². The molecule has 0 atom stereocenters. The Morgan fingerprint density at radius 2 is 2.15 bits per heavy atom. The number of hydrogen-bond acceptors (Lipinski definition) is 3. The van der Waals surface area contributed by atoms with Crippen LogP contribution in [0.2, 0.25) is 0 Å². The molecule has 6 heteroatoms. The summed E-state index contributed by atoms with van der Waals surface area (Å²) in [4.78, 5) is 22.1. The van der Waals surface area contributed by atoms with E-state index in [1.165, 1.54) is 4.57 Å². The summed E-state index contributed by atoms with van der Waals surface area (Å²) in [6, 6.07) is 0. The largest absolute Gasteiger partial charge is 0.327 e. The summed E-state index contributed by atoms with van der Waals surface area (Å²) in [5.41, 5.74) is 1.07. The number of nitrogens with zero attached hydrogens (tertiary/aromatic N) is 3. The average molecular weight is 243 g/mol. The molecule has 0 unspecified atom stereocenters. The predicted molar refractivity (Wildman–Crippen MR) is 51.6 cm³/mol. The van der Waals surface area contributed by atoms with Crippen LogP contribution in [0.3, 0.4) is 0 Å². The third-order valence-corrected chi connectivity index (χ3v) is 2.39. The van der Waals surface area contributed by atoms with Gasteiger partial charge in [-0.3, -0.25) is 4.57 Å². The molecule has 0 radical (unpaired) electrons. The fourth-order valence-electron chi connectivity index (χ4n) is 1.16. The Morgan fingerprint density at radius 1 is 1.46 bits per heavy atom. The molecule has 0 aromatic carbocycles. The van der Waals surface area contributed by atoms with Gasteiger partial charge < -0.3 is 4.98 Å². The normalized spacial score (nSPS) is 11.0. The lowest BCUT2D eigenvalue weighted by Crippen LogP contribution is -2.12. The molecule has 0 saturated heterocycles. The Hall–Kier alpha value is -1.17. The van der Waals surface area contributed by atoms with Gasteiger partial charge in [-0.2, -0.15) is 0 Å². The SMILES string of the molecule is Cc1nc(Br)c2[nH]c(=O)n(C)c2n1. The van der Waals surface area contributed by atoms with Gasteiger partial charge in [-0.1, -0.05) is 0 Å². The van der Waals surface area contributed by atoms with Crippen molar-refractivity contribution in [1.82, 2.24) is 19.5 Å². The smallest absolute Gasteiger partial charge is 0.302 e. The third kappa shape index (κ3) is 1.17. The molecule has 2 aromatic rings. The van der Waals surface area contributed by atoms with E-state index in [0.717, 1.165) is 0 Å². The maximum Gasteiger partial charge on any atom is 0.327 e. The average Bonchev–Trinajstić information content (AvgIpc) is 2.32. The van der Waals surface area contributed by atoms with Crippen molar-refractivity contribution in [3.8, 4) is 0 Å². The first-order chi connectivity index (χ1) is 6.09. The Labute approximate surface area is 82.0 Å². The van der Waals surface area contributed by atoms with Crippen LogP contribution in [0.1, 0.15) is 5.82 Å². The summed E-state index contributed by atoms with van der Waals surface area (Å²) in [7, 11) is 1.67. The molecule has 2 heterocycles. The predicted octanol–water partition coefficient (Wildman–Crippen LogP) is 0.728. The standard InChI is InChI=1S/C7H7BrN4O/c1-3-9-5(8)4-6(10-3)12(2)7(13)11-4/h1-2H3,(H,11,13). The summed E-state index contributed by atoms with van der Waals surface area (Å²) in [5, 5.41) is 0. The Balaban J connectivity index is 3.03. The third-order valence-electron chi connectivity index (χ3n) is 1.81. The highest BCUT2D eigenvalue weighted by Gasteiger charge is 2.09. The van der Waals surface area contributed by atoms with Crippen molar-refractivity contribution >= 4 is 27.1 Å². The monoisotopic (exact) mass is 242 g/mol. The van der Waals surface area contributed by atoms with Gasteiger partial charge in [-0.05, 0) is 22.9 Å². The van der Waals surface area contributed by atoms with Crippen LogP contribution in [-0.4, -0.2) is 19.5 Å². The molecule has 0 bridgehead atoms. The van der Waals surface area contributed by atoms with Crippen LogP contribution < -0.4 is 5.69 Å². The number of aryl methyl sites for hydroxylation is 2. The lowest BCUT2D eigenvalue weighted by molar-refractivity contribution is 0.872. The maximum absolute atomic E-state index is 11.2. The lowest BCUT2D eigenvalue weighted by Gasteiger charge is -1.96. The second-order valence-corrected chi connectivity index (χ2v) is 3.50. The van der Waals surface area contributed by atoms with E-state index in [2.05, 4.69) is 30.9 Å². The number of nitrogens with one attached hydrogen (secondary N) is 1. The van der Waals surface area contributed by atoms with E-state index >= 15 is 0 Å². The van der Waals surface area contributed by atoms with Crippen molar-refractivity contribution in [2.24, 2.45) is 7.05 Å². The Bertz CT molecular complexity index is 527. The van der Waals surface area contributed by atoms with Gasteiger partial charge >= 0.3 is 5.69 Å². The number of halogens is 1. The molecule has 2 aromatic heterocycles. The molecule has 2 rings (SSSR count). The zero-order valence-electron chi connectivity index (χ0n) is 7.13. The van der Waals surface area contributed by atoms with Crippen molar-refractivity contribution in [1.29, 1.82) is 0 Å². The minimum atomic E-state index is -0.185. The van der Waals surface area contributed by atoms with E-state index < -0.39 is 0 Å². The molecule has 0 aliphatic heterocycles. The first-order valence-corrected chi connectivity index (χ1v) is 4.47. The highest BCUT2D eigenvalue weighted by molar-refractivity contribution is 9.10. The van der Waals surface area contributed by atoms with Crippen LogP contribution in [0, 0.1) is 6.92 Å². The lowest BCUT2D eigenvalue weighted by atomic mass is 10.5. The molecule has 0 fully saturated rings. The molecule has 1 N–H and O–H groups in total. The number of H-pyrrole nitrogens is 1. The molecule has 0 aliphatic rings. The topological polar surface area (TPSA) is 63.6 Å². The van der Waals surface area contributed by atoms with Crippen LogP contribution in [0.15, 0.2) is 9.40 Å². The van der Waals surface area contributed by atoms with Crippen molar-refractivity contribution < 1.29 is 0 Å². The first kappa shape index (κ1) is 8.43. The van der Waals surface area contributed by atoms with E-state index in [-0.39, 0.29) is 5.69 Å². The van der Waals surface area contributed by atoms with E-state index in [1.807, 2.05) is 0 Å². The summed E-state index contributed by atoms with van der Waals surface area (Å²) < 4.78 is 2.07. The van der Waals surface area contributed by atoms with E-state index in [4.69, 9.17) is 0 Å². The first-order valence-electron chi connectivity index (χ1n) is 3.68. The molecule has 0 amide bonds. The maximum atomic E-state index is 11.2. The second-order valence-electron chi connectivity index (χ2n) is 2.75. The molecule has 5 nitrogen and oxygen atoms in total. The summed E-state index contributed by atoms with van der Waals surface area (Å²) in [6.45, 7) is 1.78. The van der Waals surface area contributed by atoms with Crippen molar-refractivity contribution in [2.45, 2.75) is 6.92 Å². The van der Waals surface area contributed by atoms with Crippen LogP contribution >= 0.6 is 15.9 Å². The van der Waals surface area contributed by atoms with Crippen LogP contribution in [0.5, 0.6) is 0 Å². The van der Waals surface area contributed by atoms with Crippen molar-refractivity contribution in [2.75, 3.05) is 0 Å². The molecule has 68 valence electrons. The van der Waals surface area contributed by atoms with Gasteiger partial charge in [0.2, 0.25) is 0 Å². The molecule has 0 saturated carbocycles. The fourth-order valence-corrected chi connectivity index (χ4v) is 1.69. The van der Waals surface area contributed by atoms with Crippen molar-refractivity contribution in [3.05, 3.63) is 20.9 Å². The van der Waals surface area contributed by atoms with E-state index in [1.54, 1.807) is 14.0 Å². The highest BCUT2D eigenvalue weighted by atomic mass is 79.9.